The second-order valence-electron chi connectivity index (χ2n) is 28.7. The van der Waals surface area contributed by atoms with E-state index in [9.17, 15) is 61.4 Å². The van der Waals surface area contributed by atoms with Crippen molar-refractivity contribution >= 4 is 50.1 Å². The van der Waals surface area contributed by atoms with Gasteiger partial charge < -0.3 is 75.0 Å². The summed E-state index contributed by atoms with van der Waals surface area (Å²) in [5.74, 6) is 0. The molecule has 0 aliphatic carbocycles. The molecule has 0 aliphatic heterocycles. The molecule has 0 fully saturated rings. The van der Waals surface area contributed by atoms with Crippen molar-refractivity contribution in [2.45, 2.75) is 250 Å². The number of nitrogens with zero attached hydrogens (tertiary/aromatic N) is 24. The first kappa shape index (κ1) is 138. The second kappa shape index (κ2) is 79.1. The minimum atomic E-state index is -3.91. The average Bonchev–Trinajstić information content (AvgIpc) is 0.739. The predicted molar refractivity (Wildman–Crippen MR) is 511 cm³/mol. The maximum absolute atomic E-state index is 13.1. The highest BCUT2D eigenvalue weighted by molar-refractivity contribution is 7.93. The lowest BCUT2D eigenvalue weighted by molar-refractivity contribution is 0.186. The Labute approximate surface area is 818 Å². The van der Waals surface area contributed by atoms with Crippen molar-refractivity contribution in [2.75, 3.05) is 112 Å². The van der Waals surface area contributed by atoms with E-state index in [4.69, 9.17) is 147 Å². The van der Waals surface area contributed by atoms with Crippen molar-refractivity contribution in [1.29, 1.82) is 84.2 Å². The average molecular weight is 2010 g/mol. The summed E-state index contributed by atoms with van der Waals surface area (Å²) in [6, 6.07) is 38.9. The number of allylic oxidation sites excluding steroid dienone is 2. The Morgan fingerprint density at radius 1 is 0.341 bits per heavy atom. The van der Waals surface area contributed by atoms with E-state index >= 15 is 0 Å². The van der Waals surface area contributed by atoms with Crippen LogP contribution in [0.3, 0.4) is 0 Å². The van der Waals surface area contributed by atoms with Gasteiger partial charge in [-0.15, -0.1) is 13.2 Å². The zero-order chi connectivity index (χ0) is 107. The summed E-state index contributed by atoms with van der Waals surface area (Å²) in [6.45, 7) is 73.3. The minimum Gasteiger partial charge on any atom is -0.317 e. The molecule has 0 N–H and O–H groups in total. The molecule has 0 spiro atoms. The Bertz CT molecular complexity index is 5210. The molecule has 8 unspecified atom stereocenters. The molecule has 0 heterocycles. The third-order valence-corrected chi connectivity index (χ3v) is 35.2. The van der Waals surface area contributed by atoms with Crippen molar-refractivity contribution in [2.24, 2.45) is 10.8 Å². The molecule has 0 saturated heterocycles. The largest absolute Gasteiger partial charge is 0.351 e. The molecule has 736 valence electrons. The van der Waals surface area contributed by atoms with Gasteiger partial charge in [0.2, 0.25) is 52.4 Å². The summed E-state index contributed by atoms with van der Waals surface area (Å²) in [5, 5.41) is 137. The lowest BCUT2D eigenvalue weighted by atomic mass is 9.79. The standard InChI is InChI=1S/C14H22N3O3P.C14H13N3O2S.2C12H18N3O3P.C11H13N3.C10H14N3O3P.C10H11N3.C9H11N3O2S/c1-4-11-19-21(18,20-12-5-2)14(13-16,7-6-9-15)8-10-17-3;1-17-11-9-14(12-16,8-5-10-15)20(18,19)13-6-3-2-4-7-13;2*1-4-17-19(16,18-5-2)12(11-14,7-6-9-13)8-10-15-3;1-3-5-11(10-13,6-4-8-12)7-9-14-2;1-13-8-6-10(9-12,5-4-7-11)17(14,15-2)16-3;1-3-10(9-12,5-4-7-11)6-8-13-2;1-12-7-5-9(8-11,4-3-6-10)15(2,13)14/h4-8,10-12H2,1-2H3;2-4,6-7H,5,8-9,11H2;2*4-8,10H2,1-2H3;3H,1,4-7,9H2;4-6,8H2,2-3H3;3H,1,4-6,8H2;3-5,7H2,2H3. The fraction of sp³-hybridized carbons (Fsp3) is 0.630. The first-order valence-corrected chi connectivity index (χ1v) is 52.3. The molecule has 46 heteroatoms. The zero-order valence-electron chi connectivity index (χ0n) is 79.8. The van der Waals surface area contributed by atoms with Crippen LogP contribution in [0.4, 0.5) is 0 Å². The predicted octanol–water partition coefficient (Wildman–Crippen LogP) is 20.7. The molecular weight excluding hydrogens is 1890 g/mol. The molecule has 8 atom stereocenters. The highest BCUT2D eigenvalue weighted by Gasteiger charge is 2.56. The van der Waals surface area contributed by atoms with E-state index in [1.54, 1.807) is 64.1 Å². The van der Waals surface area contributed by atoms with Gasteiger partial charge in [-0.1, -0.05) is 44.2 Å². The molecule has 138 heavy (non-hydrogen) atoms. The van der Waals surface area contributed by atoms with Crippen LogP contribution in [-0.4, -0.2) is 159 Å². The lowest BCUT2D eigenvalue weighted by Gasteiger charge is -2.32. The Hall–Kier alpha value is -13.0. The van der Waals surface area contributed by atoms with Crippen LogP contribution in [0, 0.1) is 245 Å². The maximum atomic E-state index is 13.1. The number of rotatable bonds is 58. The minimum absolute atomic E-state index is 0.00136. The van der Waals surface area contributed by atoms with Gasteiger partial charge in [0, 0.05) is 84.7 Å². The molecule has 0 saturated carbocycles. The third kappa shape index (κ3) is 46.7. The number of nitriles is 16. The Kier molecular flexibility index (Phi) is 79.1. The third-order valence-electron chi connectivity index (χ3n) is 20.1. The van der Waals surface area contributed by atoms with E-state index in [1.807, 2.05) is 92.7 Å². The molecule has 0 radical (unpaired) electrons. The van der Waals surface area contributed by atoms with Gasteiger partial charge in [-0.25, -0.2) is 69.4 Å². The van der Waals surface area contributed by atoms with E-state index in [1.165, 1.54) is 26.4 Å². The fourth-order valence-electron chi connectivity index (χ4n) is 12.1. The van der Waals surface area contributed by atoms with Gasteiger partial charge in [0.1, 0.15) is 0 Å². The van der Waals surface area contributed by atoms with Crippen molar-refractivity contribution in [3.05, 3.63) is 147 Å². The first-order chi connectivity index (χ1) is 65.7. The van der Waals surface area contributed by atoms with Crippen molar-refractivity contribution in [1.82, 2.24) is 0 Å². The van der Waals surface area contributed by atoms with Crippen LogP contribution >= 0.6 is 30.4 Å². The molecule has 1 rings (SSSR count). The Morgan fingerprint density at radius 3 is 0.877 bits per heavy atom. The van der Waals surface area contributed by atoms with Crippen LogP contribution in [0.15, 0.2) is 60.5 Å². The van der Waals surface area contributed by atoms with Crippen LogP contribution in [-0.2, 0) is 74.1 Å². The maximum Gasteiger partial charge on any atom is 0.351 e. The molecule has 0 aromatic heterocycles. The quantitative estimate of drug-likeness (QED) is 0.0332. The van der Waals surface area contributed by atoms with E-state index in [-0.39, 0.29) is 199 Å². The van der Waals surface area contributed by atoms with Gasteiger partial charge in [0.15, 0.2) is 49.8 Å². The highest BCUT2D eigenvalue weighted by Crippen LogP contribution is 2.66. The smallest absolute Gasteiger partial charge is 0.317 e. The normalized spacial score (nSPS) is 13.7. The van der Waals surface area contributed by atoms with Gasteiger partial charge in [0.25, 0.3) is 0 Å². The van der Waals surface area contributed by atoms with Gasteiger partial charge in [-0.05, 0) is 110 Å². The molecular formula is C92H120N24O16P4S2. The summed E-state index contributed by atoms with van der Waals surface area (Å²) in [5.41, 5.74) is -1.23. The van der Waals surface area contributed by atoms with E-state index < -0.39 is 91.0 Å². The molecule has 1 aromatic carbocycles. The van der Waals surface area contributed by atoms with Gasteiger partial charge in [-0.2, -0.15) is 84.2 Å². The van der Waals surface area contributed by atoms with Crippen molar-refractivity contribution in [3.8, 4) is 97.1 Å². The highest BCUT2D eigenvalue weighted by atomic mass is 32.2. The van der Waals surface area contributed by atoms with E-state index in [0.717, 1.165) is 6.26 Å². The number of hydrogen-bond donors (Lipinski definition) is 0. The monoisotopic (exact) mass is 2000 g/mol. The molecule has 0 amide bonds. The Morgan fingerprint density at radius 2 is 0.616 bits per heavy atom. The summed E-state index contributed by atoms with van der Waals surface area (Å²) in [6.07, 6.45) is 9.29. The van der Waals surface area contributed by atoms with E-state index in [0.29, 0.717) is 70.9 Å². The fourth-order valence-corrected chi connectivity index (χ4v) is 23.3. The number of benzene rings is 1. The number of sulfone groups is 2. The van der Waals surface area contributed by atoms with Crippen LogP contribution in [0.25, 0.3) is 38.8 Å². The van der Waals surface area contributed by atoms with Crippen LogP contribution < -0.4 is 0 Å². The first-order valence-electron chi connectivity index (χ1n) is 42.7. The summed E-state index contributed by atoms with van der Waals surface area (Å²) < 4.78 is 137. The molecule has 0 bridgehead atoms. The second-order valence-corrected chi connectivity index (χ2v) is 43.0. The topological polar surface area (TPSA) is 626 Å². The Balaban J connectivity index is -0.000000286. The molecule has 0 aliphatic rings. The summed E-state index contributed by atoms with van der Waals surface area (Å²) in [7, 11) is -19.8. The molecule has 1 aromatic rings. The van der Waals surface area contributed by atoms with Gasteiger partial charge >= 0.3 is 30.4 Å². The lowest BCUT2D eigenvalue weighted by Crippen LogP contribution is -2.38. The van der Waals surface area contributed by atoms with Crippen LogP contribution in [0.2, 0.25) is 0 Å². The number of hydrogen-bond acceptors (Lipinski definition) is 32. The van der Waals surface area contributed by atoms with Gasteiger partial charge in [0.05, 0.1) is 191 Å². The van der Waals surface area contributed by atoms with E-state index in [2.05, 4.69) is 64.1 Å². The van der Waals surface area contributed by atoms with Crippen molar-refractivity contribution in [3.63, 3.8) is 0 Å². The zero-order valence-corrected chi connectivity index (χ0v) is 85.0. The van der Waals surface area contributed by atoms with Crippen LogP contribution in [0.1, 0.15) is 215 Å². The van der Waals surface area contributed by atoms with Crippen LogP contribution in [0.5, 0.6) is 0 Å². The summed E-state index contributed by atoms with van der Waals surface area (Å²) in [4.78, 5) is 25.4. The van der Waals surface area contributed by atoms with Gasteiger partial charge in [-0.3, -0.25) is 18.3 Å². The summed E-state index contributed by atoms with van der Waals surface area (Å²) >= 11 is 0. The SMILES string of the molecule is [C-]#[N+]CCC(C#N)(C=C)CCC#N.[C-]#[N+]CCC(C#N)(CC=C)CCC#N.[C-]#[N+]CCC(C#N)(CCC#N)P(=O)(OC)OC.[C-]#[N+]CCC(C#N)(CCC#N)P(=O)(OCC)OCC.[C-]#[N+]CCC(C#N)(CCC#N)P(=O)(OCC)OCC.[C-]#[N+]CCC(C#N)(CCC#N)P(=O)(OCCC)OCCC.[C-]#[N+]CCC(C#N)(CCC#N)S(=O)(=O)c1ccccc1.[C-]#[N+]CCC(C#N)(CCC#N)S(C)(=O)=O. The molecule has 40 nitrogen and oxygen atoms in total. The van der Waals surface area contributed by atoms with Crippen molar-refractivity contribution < 1.29 is 71.3 Å².